The smallest absolute Gasteiger partial charge is 0.243 e. The summed E-state index contributed by atoms with van der Waals surface area (Å²) < 4.78 is 38.8. The lowest BCUT2D eigenvalue weighted by Gasteiger charge is -2.28. The predicted molar refractivity (Wildman–Crippen MR) is 94.0 cm³/mol. The molecule has 5 rings (SSSR count). The maximum atomic E-state index is 13.2. The topological polar surface area (TPSA) is 72.6 Å². The lowest BCUT2D eigenvalue weighted by atomic mass is 10.0. The molecule has 2 aliphatic rings. The van der Waals surface area contributed by atoms with E-state index >= 15 is 0 Å². The Balaban J connectivity index is 1.53. The van der Waals surface area contributed by atoms with Crippen molar-refractivity contribution in [1.82, 2.24) is 9.46 Å². The van der Waals surface area contributed by atoms with Gasteiger partial charge in [-0.05, 0) is 35.7 Å². The lowest BCUT2D eigenvalue weighted by molar-refractivity contribution is 0.297. The standard InChI is InChI=1S/C19H16N2O4S/c22-26(23,21-8-7-13-3-1-2-4-14(13)11-21)16-5-6-18-17(9-16)19-15(12-24-18)10-20-25-19/h1-6,9-10H,7-8,11-12H2. The summed E-state index contributed by atoms with van der Waals surface area (Å²) in [5.74, 6) is 1.18. The molecular formula is C19H16N2O4S. The summed E-state index contributed by atoms with van der Waals surface area (Å²) in [5, 5.41) is 3.79. The zero-order valence-corrected chi connectivity index (χ0v) is 14.7. The van der Waals surface area contributed by atoms with Crippen molar-refractivity contribution in [3.63, 3.8) is 0 Å². The fourth-order valence-electron chi connectivity index (χ4n) is 3.54. The fourth-order valence-corrected chi connectivity index (χ4v) is 4.98. The highest BCUT2D eigenvalue weighted by Crippen LogP contribution is 2.39. The van der Waals surface area contributed by atoms with Crippen LogP contribution in [-0.2, 0) is 29.6 Å². The maximum absolute atomic E-state index is 13.2. The van der Waals surface area contributed by atoms with E-state index in [2.05, 4.69) is 11.2 Å². The molecule has 3 heterocycles. The minimum Gasteiger partial charge on any atom is -0.488 e. The molecular weight excluding hydrogens is 352 g/mol. The molecule has 7 heteroatoms. The molecule has 2 aromatic carbocycles. The second-order valence-electron chi connectivity index (χ2n) is 6.48. The average molecular weight is 368 g/mol. The Labute approximate surface area is 151 Å². The molecule has 0 atom stereocenters. The number of nitrogens with zero attached hydrogens (tertiary/aromatic N) is 2. The Kier molecular flexibility index (Phi) is 3.41. The lowest BCUT2D eigenvalue weighted by Crippen LogP contribution is -2.35. The molecule has 0 radical (unpaired) electrons. The van der Waals surface area contributed by atoms with Gasteiger partial charge in [0.1, 0.15) is 12.4 Å². The Hall–Kier alpha value is -2.64. The van der Waals surface area contributed by atoms with Crippen molar-refractivity contribution in [3.05, 3.63) is 65.4 Å². The number of rotatable bonds is 2. The van der Waals surface area contributed by atoms with Gasteiger partial charge in [0.15, 0.2) is 5.76 Å². The van der Waals surface area contributed by atoms with E-state index in [4.69, 9.17) is 9.26 Å². The van der Waals surface area contributed by atoms with E-state index in [9.17, 15) is 8.42 Å². The second-order valence-corrected chi connectivity index (χ2v) is 8.42. The van der Waals surface area contributed by atoms with Crippen LogP contribution in [0.25, 0.3) is 11.3 Å². The van der Waals surface area contributed by atoms with Crippen LogP contribution in [0, 0.1) is 0 Å². The van der Waals surface area contributed by atoms with E-state index in [1.165, 1.54) is 9.87 Å². The normalized spacial score (nSPS) is 16.3. The summed E-state index contributed by atoms with van der Waals surface area (Å²) in [6.07, 6.45) is 2.32. The molecule has 2 aliphatic heterocycles. The van der Waals surface area contributed by atoms with Gasteiger partial charge in [-0.3, -0.25) is 0 Å². The molecule has 0 unspecified atom stereocenters. The van der Waals surface area contributed by atoms with E-state index in [0.717, 1.165) is 17.5 Å². The summed E-state index contributed by atoms with van der Waals surface area (Å²) in [6, 6.07) is 12.9. The van der Waals surface area contributed by atoms with Crippen LogP contribution in [0.15, 0.2) is 58.1 Å². The van der Waals surface area contributed by atoms with Gasteiger partial charge in [-0.2, -0.15) is 4.31 Å². The number of hydrogen-bond acceptors (Lipinski definition) is 5. The molecule has 0 saturated carbocycles. The van der Waals surface area contributed by atoms with Gasteiger partial charge in [-0.1, -0.05) is 29.4 Å². The monoisotopic (exact) mass is 368 g/mol. The minimum absolute atomic E-state index is 0.239. The van der Waals surface area contributed by atoms with Crippen molar-refractivity contribution in [3.8, 4) is 17.1 Å². The highest BCUT2D eigenvalue weighted by Gasteiger charge is 2.30. The molecule has 3 aromatic rings. The van der Waals surface area contributed by atoms with E-state index in [1.54, 1.807) is 24.4 Å². The first-order chi connectivity index (χ1) is 12.6. The van der Waals surface area contributed by atoms with E-state index in [1.807, 2.05) is 18.2 Å². The molecule has 0 fully saturated rings. The van der Waals surface area contributed by atoms with E-state index in [-0.39, 0.29) is 4.90 Å². The third kappa shape index (κ3) is 2.35. The van der Waals surface area contributed by atoms with Gasteiger partial charge >= 0.3 is 0 Å². The van der Waals surface area contributed by atoms with Crippen molar-refractivity contribution in [2.75, 3.05) is 6.54 Å². The van der Waals surface area contributed by atoms with Crippen LogP contribution in [0.5, 0.6) is 5.75 Å². The largest absolute Gasteiger partial charge is 0.488 e. The minimum atomic E-state index is -3.61. The van der Waals surface area contributed by atoms with Crippen LogP contribution in [-0.4, -0.2) is 24.4 Å². The summed E-state index contributed by atoms with van der Waals surface area (Å²) in [4.78, 5) is 0.239. The van der Waals surface area contributed by atoms with Crippen LogP contribution < -0.4 is 4.74 Å². The molecule has 6 nitrogen and oxygen atoms in total. The Bertz CT molecular complexity index is 1100. The van der Waals surface area contributed by atoms with Gasteiger partial charge in [0.05, 0.1) is 22.2 Å². The van der Waals surface area contributed by atoms with Crippen LogP contribution in [0.4, 0.5) is 0 Å². The van der Waals surface area contributed by atoms with Crippen LogP contribution >= 0.6 is 0 Å². The highest BCUT2D eigenvalue weighted by atomic mass is 32.2. The van der Waals surface area contributed by atoms with E-state index < -0.39 is 10.0 Å². The van der Waals surface area contributed by atoms with Crippen molar-refractivity contribution >= 4 is 10.0 Å². The highest BCUT2D eigenvalue weighted by molar-refractivity contribution is 7.89. The van der Waals surface area contributed by atoms with Crippen molar-refractivity contribution in [2.45, 2.75) is 24.5 Å². The Morgan fingerprint density at radius 3 is 2.77 bits per heavy atom. The molecule has 0 aliphatic carbocycles. The van der Waals surface area contributed by atoms with Gasteiger partial charge in [0, 0.05) is 13.1 Å². The Morgan fingerprint density at radius 2 is 1.88 bits per heavy atom. The quantitative estimate of drug-likeness (QED) is 0.695. The van der Waals surface area contributed by atoms with Gasteiger partial charge < -0.3 is 9.26 Å². The summed E-state index contributed by atoms with van der Waals surface area (Å²) in [5.41, 5.74) is 3.71. The zero-order chi connectivity index (χ0) is 17.7. The van der Waals surface area contributed by atoms with Crippen LogP contribution in [0.1, 0.15) is 16.7 Å². The second kappa shape index (κ2) is 5.69. The number of sulfonamides is 1. The number of ether oxygens (including phenoxy) is 1. The van der Waals surface area contributed by atoms with Crippen molar-refractivity contribution in [2.24, 2.45) is 0 Å². The molecule has 0 N–H and O–H groups in total. The van der Waals surface area contributed by atoms with Crippen molar-refractivity contribution in [1.29, 1.82) is 0 Å². The first-order valence-electron chi connectivity index (χ1n) is 8.40. The molecule has 132 valence electrons. The maximum Gasteiger partial charge on any atom is 0.243 e. The number of benzene rings is 2. The SMILES string of the molecule is O=S(=O)(c1ccc2c(c1)-c1oncc1CO2)N1CCc2ccccc2C1. The Morgan fingerprint density at radius 1 is 1.04 bits per heavy atom. The molecule has 0 saturated heterocycles. The van der Waals surface area contributed by atoms with E-state index in [0.29, 0.717) is 36.8 Å². The summed E-state index contributed by atoms with van der Waals surface area (Å²) in [7, 11) is -3.61. The first kappa shape index (κ1) is 15.6. The zero-order valence-electron chi connectivity index (χ0n) is 13.9. The third-order valence-electron chi connectivity index (χ3n) is 4.96. The predicted octanol–water partition coefficient (Wildman–Crippen LogP) is 2.98. The number of fused-ring (bicyclic) bond motifs is 4. The van der Waals surface area contributed by atoms with Crippen LogP contribution in [0.3, 0.4) is 0 Å². The van der Waals surface area contributed by atoms with Gasteiger partial charge in [-0.15, -0.1) is 0 Å². The third-order valence-corrected chi connectivity index (χ3v) is 6.80. The molecule has 0 amide bonds. The molecule has 0 bridgehead atoms. The van der Waals surface area contributed by atoms with Gasteiger partial charge in [0.2, 0.25) is 10.0 Å². The average Bonchev–Trinajstić information content (AvgIpc) is 3.16. The first-order valence-corrected chi connectivity index (χ1v) is 9.84. The molecule has 1 aromatic heterocycles. The molecule has 0 spiro atoms. The van der Waals surface area contributed by atoms with Gasteiger partial charge in [-0.25, -0.2) is 8.42 Å². The fraction of sp³-hybridized carbons (Fsp3) is 0.211. The number of aromatic nitrogens is 1. The van der Waals surface area contributed by atoms with Gasteiger partial charge in [0.25, 0.3) is 0 Å². The number of hydrogen-bond donors (Lipinski definition) is 0. The van der Waals surface area contributed by atoms with Crippen LogP contribution in [0.2, 0.25) is 0 Å². The summed E-state index contributed by atoms with van der Waals surface area (Å²) >= 11 is 0. The summed E-state index contributed by atoms with van der Waals surface area (Å²) in [6.45, 7) is 1.24. The van der Waals surface area contributed by atoms with Crippen molar-refractivity contribution < 1.29 is 17.7 Å². The molecule has 26 heavy (non-hydrogen) atoms.